The second kappa shape index (κ2) is 9.54. The molecule has 0 N–H and O–H groups in total. The third kappa shape index (κ3) is 4.94. The minimum Gasteiger partial charge on any atom is -0.497 e. The fourth-order valence-electron chi connectivity index (χ4n) is 3.59. The van der Waals surface area contributed by atoms with Crippen molar-refractivity contribution in [2.24, 2.45) is 5.92 Å². The van der Waals surface area contributed by atoms with Gasteiger partial charge in [0.25, 0.3) is 0 Å². The molecule has 154 valence electrons. The maximum atomic E-state index is 13.4. The van der Waals surface area contributed by atoms with Gasteiger partial charge >= 0.3 is 0 Å². The van der Waals surface area contributed by atoms with Crippen molar-refractivity contribution in [2.75, 3.05) is 43.1 Å². The van der Waals surface area contributed by atoms with Crippen LogP contribution < -0.4 is 14.5 Å². The first-order valence-corrected chi connectivity index (χ1v) is 10.2. The van der Waals surface area contributed by atoms with Crippen molar-refractivity contribution in [1.82, 2.24) is 9.97 Å². The molecule has 1 aliphatic heterocycles. The summed E-state index contributed by atoms with van der Waals surface area (Å²) >= 11 is 0. The number of rotatable bonds is 3. The lowest BCUT2D eigenvalue weighted by Crippen LogP contribution is -2.31. The zero-order valence-corrected chi connectivity index (χ0v) is 17.6. The van der Waals surface area contributed by atoms with E-state index in [0.717, 1.165) is 42.8 Å². The first kappa shape index (κ1) is 20.8. The smallest absolute Gasteiger partial charge is 0.225 e. The molecule has 0 bridgehead atoms. The molecule has 0 aliphatic carbocycles. The Morgan fingerprint density at radius 1 is 1.00 bits per heavy atom. The molecular weight excluding hydrogens is 367 g/mol. The molecule has 0 radical (unpaired) electrons. The zero-order valence-electron chi connectivity index (χ0n) is 17.6. The molecule has 5 nitrogen and oxygen atoms in total. The molecule has 1 saturated heterocycles. The van der Waals surface area contributed by atoms with Crippen LogP contribution in [-0.2, 0) is 0 Å². The van der Waals surface area contributed by atoms with Crippen molar-refractivity contribution < 1.29 is 9.13 Å². The predicted octanol–water partition coefficient (Wildman–Crippen LogP) is 4.77. The molecule has 2 aromatic carbocycles. The normalized spacial score (nSPS) is 16.8. The first-order valence-electron chi connectivity index (χ1n) is 10.2. The number of nitrogens with zero attached hydrogens (tertiary/aromatic N) is 4. The van der Waals surface area contributed by atoms with Gasteiger partial charge in [0, 0.05) is 43.4 Å². The molecule has 29 heavy (non-hydrogen) atoms. The highest BCUT2D eigenvalue weighted by Gasteiger charge is 2.22. The lowest BCUT2D eigenvalue weighted by molar-refractivity contribution is 0.415. The third-order valence-electron chi connectivity index (χ3n) is 4.95. The summed E-state index contributed by atoms with van der Waals surface area (Å²) in [6.07, 6.45) is 1.71. The van der Waals surface area contributed by atoms with Gasteiger partial charge in [0.15, 0.2) is 0 Å². The highest BCUT2D eigenvalue weighted by atomic mass is 19.1. The van der Waals surface area contributed by atoms with Crippen molar-refractivity contribution in [3.8, 4) is 5.75 Å². The van der Waals surface area contributed by atoms with E-state index in [1.807, 2.05) is 26.0 Å². The van der Waals surface area contributed by atoms with Gasteiger partial charge in [-0.3, -0.25) is 0 Å². The van der Waals surface area contributed by atoms with Crippen molar-refractivity contribution in [3.63, 3.8) is 0 Å². The molecule has 2 heterocycles. The standard InChI is InChI=1S/C21H23FN4O.C2H6/c1-15-13-25(18-4-6-19(27-2)7-5-18)9-10-26(14-15)21-23-12-16-11-17(22)3-8-20(16)24-21;1-2/h3-8,11-12,15H,9-10,13-14H2,1-2H3;1-2H3. The van der Waals surface area contributed by atoms with Gasteiger partial charge in [-0.25, -0.2) is 14.4 Å². The Morgan fingerprint density at radius 2 is 1.69 bits per heavy atom. The highest BCUT2D eigenvalue weighted by molar-refractivity contribution is 5.78. The van der Waals surface area contributed by atoms with Crippen LogP contribution in [0.1, 0.15) is 20.8 Å². The number of fused-ring (bicyclic) bond motifs is 1. The SMILES string of the molecule is CC.COc1ccc(N2CCN(c3ncc4cc(F)ccc4n3)CC(C)C2)cc1. The third-order valence-corrected chi connectivity index (χ3v) is 4.95. The fourth-order valence-corrected chi connectivity index (χ4v) is 3.59. The molecule has 6 heteroatoms. The summed E-state index contributed by atoms with van der Waals surface area (Å²) in [7, 11) is 1.68. The van der Waals surface area contributed by atoms with Crippen LogP contribution in [0.5, 0.6) is 5.75 Å². The molecule has 1 atom stereocenters. The predicted molar refractivity (Wildman–Crippen MR) is 117 cm³/mol. The van der Waals surface area contributed by atoms with Gasteiger partial charge in [-0.05, 0) is 48.4 Å². The Morgan fingerprint density at radius 3 is 2.41 bits per heavy atom. The van der Waals surface area contributed by atoms with Crippen LogP contribution in [0.4, 0.5) is 16.0 Å². The summed E-state index contributed by atoms with van der Waals surface area (Å²) in [6, 6.07) is 12.8. The molecule has 0 saturated carbocycles. The Labute approximate surface area is 172 Å². The van der Waals surface area contributed by atoms with Crippen molar-refractivity contribution in [3.05, 3.63) is 54.5 Å². The maximum Gasteiger partial charge on any atom is 0.225 e. The molecule has 0 spiro atoms. The number of hydrogen-bond acceptors (Lipinski definition) is 5. The van der Waals surface area contributed by atoms with Crippen LogP contribution in [0.15, 0.2) is 48.7 Å². The summed E-state index contributed by atoms with van der Waals surface area (Å²) in [4.78, 5) is 13.7. The van der Waals surface area contributed by atoms with Crippen LogP contribution in [0.25, 0.3) is 10.9 Å². The van der Waals surface area contributed by atoms with E-state index >= 15 is 0 Å². The maximum absolute atomic E-state index is 13.4. The van der Waals surface area contributed by atoms with Gasteiger partial charge < -0.3 is 14.5 Å². The molecule has 1 aromatic heterocycles. The van der Waals surface area contributed by atoms with Gasteiger partial charge in [0.2, 0.25) is 5.95 Å². The number of anilines is 2. The van der Waals surface area contributed by atoms with Gasteiger partial charge in [0.1, 0.15) is 11.6 Å². The minimum absolute atomic E-state index is 0.266. The van der Waals surface area contributed by atoms with E-state index < -0.39 is 0 Å². The van der Waals surface area contributed by atoms with Gasteiger partial charge in [-0.15, -0.1) is 0 Å². The van der Waals surface area contributed by atoms with E-state index in [4.69, 9.17) is 4.74 Å². The molecule has 0 amide bonds. The summed E-state index contributed by atoms with van der Waals surface area (Å²) in [5, 5.41) is 0.724. The summed E-state index contributed by atoms with van der Waals surface area (Å²) in [6.45, 7) is 9.83. The monoisotopic (exact) mass is 396 g/mol. The number of halogens is 1. The lowest BCUT2D eigenvalue weighted by atomic mass is 10.1. The van der Waals surface area contributed by atoms with Crippen molar-refractivity contribution in [2.45, 2.75) is 20.8 Å². The molecule has 1 aliphatic rings. The van der Waals surface area contributed by atoms with E-state index in [-0.39, 0.29) is 5.82 Å². The summed E-state index contributed by atoms with van der Waals surface area (Å²) in [5.41, 5.74) is 1.96. The van der Waals surface area contributed by atoms with Crippen LogP contribution in [-0.4, -0.2) is 43.3 Å². The molecule has 3 aromatic rings. The van der Waals surface area contributed by atoms with Gasteiger partial charge in [-0.1, -0.05) is 20.8 Å². The Hall–Kier alpha value is -2.89. The molecule has 4 rings (SSSR count). The van der Waals surface area contributed by atoms with Crippen molar-refractivity contribution >= 4 is 22.5 Å². The van der Waals surface area contributed by atoms with Crippen LogP contribution in [0, 0.1) is 11.7 Å². The Bertz CT molecular complexity index is 932. The van der Waals surface area contributed by atoms with Gasteiger partial charge in [0.05, 0.1) is 12.6 Å². The van der Waals surface area contributed by atoms with E-state index in [1.165, 1.54) is 17.8 Å². The topological polar surface area (TPSA) is 41.5 Å². The van der Waals surface area contributed by atoms with E-state index in [0.29, 0.717) is 11.9 Å². The fraction of sp³-hybridized carbons (Fsp3) is 0.391. The number of aromatic nitrogens is 2. The second-order valence-corrected chi connectivity index (χ2v) is 7.07. The van der Waals surface area contributed by atoms with Crippen molar-refractivity contribution in [1.29, 1.82) is 0 Å². The molecular formula is C23H29FN4O. The summed E-state index contributed by atoms with van der Waals surface area (Å²) < 4.78 is 18.6. The average Bonchev–Trinajstić information content (AvgIpc) is 2.96. The number of benzene rings is 2. The van der Waals surface area contributed by atoms with Crippen LogP contribution >= 0.6 is 0 Å². The highest BCUT2D eigenvalue weighted by Crippen LogP contribution is 2.24. The minimum atomic E-state index is -0.266. The Kier molecular flexibility index (Phi) is 6.86. The largest absolute Gasteiger partial charge is 0.497 e. The van der Waals surface area contributed by atoms with E-state index in [2.05, 4.69) is 38.8 Å². The Balaban J connectivity index is 0.00000117. The lowest BCUT2D eigenvalue weighted by Gasteiger charge is -2.24. The van der Waals surface area contributed by atoms with E-state index in [9.17, 15) is 4.39 Å². The molecule has 1 fully saturated rings. The number of ether oxygens (including phenoxy) is 1. The van der Waals surface area contributed by atoms with Gasteiger partial charge in [-0.2, -0.15) is 0 Å². The van der Waals surface area contributed by atoms with E-state index in [1.54, 1.807) is 19.4 Å². The molecule has 1 unspecified atom stereocenters. The quantitative estimate of drug-likeness (QED) is 0.638. The average molecular weight is 397 g/mol. The number of hydrogen-bond donors (Lipinski definition) is 0. The second-order valence-electron chi connectivity index (χ2n) is 7.07. The number of methoxy groups -OCH3 is 1. The summed E-state index contributed by atoms with van der Waals surface area (Å²) in [5.74, 6) is 1.77. The van der Waals surface area contributed by atoms with Crippen LogP contribution in [0.3, 0.4) is 0 Å². The van der Waals surface area contributed by atoms with Crippen LogP contribution in [0.2, 0.25) is 0 Å². The first-order chi connectivity index (χ1) is 14.1. The zero-order chi connectivity index (χ0) is 20.8.